The lowest BCUT2D eigenvalue weighted by molar-refractivity contribution is 0.370. The van der Waals surface area contributed by atoms with E-state index in [9.17, 15) is 5.11 Å². The Morgan fingerprint density at radius 2 is 2.17 bits per heavy atom. The Labute approximate surface area is 141 Å². The highest BCUT2D eigenvalue weighted by molar-refractivity contribution is 7.07. The number of methoxy groups -OCH3 is 1. The van der Waals surface area contributed by atoms with E-state index in [1.165, 1.54) is 5.56 Å². The summed E-state index contributed by atoms with van der Waals surface area (Å²) >= 11 is 1.68. The average Bonchev–Trinajstić information content (AvgIpc) is 3.07. The molecule has 0 radical (unpaired) electrons. The standard InChI is InChI=1S/C17H23N3O2S/c1-3-18-17(20-11-13-8-10-23-12-13)19-9-7-14-5-4-6-15(22-2)16(14)21/h4-6,8,10,12,21H,3,7,9,11H2,1-2H3,(H2,18,19,20). The Morgan fingerprint density at radius 1 is 1.30 bits per heavy atom. The van der Waals surface area contributed by atoms with Crippen molar-refractivity contribution in [3.05, 3.63) is 46.2 Å². The molecule has 0 aliphatic heterocycles. The number of phenols is 1. The summed E-state index contributed by atoms with van der Waals surface area (Å²) in [4.78, 5) is 4.56. The highest BCUT2D eigenvalue weighted by Gasteiger charge is 2.07. The van der Waals surface area contributed by atoms with Crippen molar-refractivity contribution >= 4 is 17.3 Å². The highest BCUT2D eigenvalue weighted by atomic mass is 32.1. The molecule has 2 aromatic rings. The Morgan fingerprint density at radius 3 is 2.87 bits per heavy atom. The number of hydrogen-bond donors (Lipinski definition) is 3. The molecule has 0 saturated heterocycles. The van der Waals surface area contributed by atoms with Gasteiger partial charge >= 0.3 is 0 Å². The van der Waals surface area contributed by atoms with Gasteiger partial charge in [-0.2, -0.15) is 11.3 Å². The van der Waals surface area contributed by atoms with E-state index in [4.69, 9.17) is 4.74 Å². The van der Waals surface area contributed by atoms with Crippen LogP contribution in [0.3, 0.4) is 0 Å². The number of thiophene rings is 1. The molecule has 0 amide bonds. The average molecular weight is 333 g/mol. The van der Waals surface area contributed by atoms with Crippen LogP contribution in [-0.4, -0.2) is 31.3 Å². The van der Waals surface area contributed by atoms with Gasteiger partial charge < -0.3 is 20.5 Å². The summed E-state index contributed by atoms with van der Waals surface area (Å²) in [6.45, 7) is 4.18. The predicted octanol–water partition coefficient (Wildman–Crippen LogP) is 2.76. The topological polar surface area (TPSA) is 65.9 Å². The minimum absolute atomic E-state index is 0.206. The summed E-state index contributed by atoms with van der Waals surface area (Å²) in [5.74, 6) is 1.48. The van der Waals surface area contributed by atoms with Gasteiger partial charge in [0.15, 0.2) is 17.5 Å². The lowest BCUT2D eigenvalue weighted by atomic mass is 10.1. The molecule has 1 aromatic carbocycles. The number of para-hydroxylation sites is 1. The van der Waals surface area contributed by atoms with Crippen molar-refractivity contribution in [2.24, 2.45) is 4.99 Å². The molecule has 0 spiro atoms. The Hall–Kier alpha value is -2.21. The van der Waals surface area contributed by atoms with Gasteiger partial charge in [0.25, 0.3) is 0 Å². The monoisotopic (exact) mass is 333 g/mol. The zero-order valence-corrected chi connectivity index (χ0v) is 14.3. The molecular weight excluding hydrogens is 310 g/mol. The number of nitrogens with zero attached hydrogens (tertiary/aromatic N) is 1. The fourth-order valence-electron chi connectivity index (χ4n) is 2.14. The molecule has 0 atom stereocenters. The molecule has 23 heavy (non-hydrogen) atoms. The molecule has 1 aromatic heterocycles. The predicted molar refractivity (Wildman–Crippen MR) is 95.5 cm³/mol. The number of guanidine groups is 1. The molecule has 1 heterocycles. The van der Waals surface area contributed by atoms with Crippen molar-refractivity contribution in [2.45, 2.75) is 19.9 Å². The fourth-order valence-corrected chi connectivity index (χ4v) is 2.80. The summed E-state index contributed by atoms with van der Waals surface area (Å²) in [5, 5.41) is 20.7. The van der Waals surface area contributed by atoms with Gasteiger partial charge in [0.05, 0.1) is 13.7 Å². The number of nitrogens with one attached hydrogen (secondary N) is 2. The van der Waals surface area contributed by atoms with Gasteiger partial charge in [-0.3, -0.25) is 0 Å². The first-order valence-electron chi connectivity index (χ1n) is 7.62. The molecule has 0 aliphatic rings. The van der Waals surface area contributed by atoms with E-state index in [0.29, 0.717) is 25.3 Å². The van der Waals surface area contributed by atoms with E-state index in [2.05, 4.69) is 32.5 Å². The van der Waals surface area contributed by atoms with Crippen molar-refractivity contribution in [3.8, 4) is 11.5 Å². The van der Waals surface area contributed by atoms with Gasteiger partial charge in [-0.15, -0.1) is 0 Å². The molecule has 5 nitrogen and oxygen atoms in total. The maximum atomic E-state index is 10.1. The molecule has 6 heteroatoms. The first-order valence-corrected chi connectivity index (χ1v) is 8.57. The van der Waals surface area contributed by atoms with E-state index < -0.39 is 0 Å². The second kappa shape index (κ2) is 9.05. The third kappa shape index (κ3) is 5.17. The number of hydrogen-bond acceptors (Lipinski definition) is 4. The third-order valence-corrected chi connectivity index (χ3v) is 4.07. The fraction of sp³-hybridized carbons (Fsp3) is 0.353. The van der Waals surface area contributed by atoms with E-state index in [0.717, 1.165) is 18.1 Å². The SMILES string of the molecule is CCNC(=NCc1ccsc1)NCCc1cccc(OC)c1O. The molecule has 3 N–H and O–H groups in total. The van der Waals surface area contributed by atoms with Gasteiger partial charge in [-0.05, 0) is 47.4 Å². The van der Waals surface area contributed by atoms with Crippen molar-refractivity contribution in [1.29, 1.82) is 0 Å². The summed E-state index contributed by atoms with van der Waals surface area (Å²) in [6.07, 6.45) is 0.686. The minimum Gasteiger partial charge on any atom is -0.504 e. The van der Waals surface area contributed by atoms with Crippen LogP contribution in [0.5, 0.6) is 11.5 Å². The number of benzene rings is 1. The van der Waals surface area contributed by atoms with Crippen LogP contribution in [0, 0.1) is 0 Å². The number of aliphatic imine (C=N–C) groups is 1. The largest absolute Gasteiger partial charge is 0.504 e. The molecule has 0 fully saturated rings. The van der Waals surface area contributed by atoms with Gasteiger partial charge in [-0.25, -0.2) is 4.99 Å². The number of ether oxygens (including phenoxy) is 1. The van der Waals surface area contributed by atoms with Crippen molar-refractivity contribution in [1.82, 2.24) is 10.6 Å². The Bertz CT molecular complexity index is 627. The zero-order chi connectivity index (χ0) is 16.5. The van der Waals surface area contributed by atoms with Crippen LogP contribution in [0.1, 0.15) is 18.1 Å². The highest BCUT2D eigenvalue weighted by Crippen LogP contribution is 2.29. The van der Waals surface area contributed by atoms with Crippen LogP contribution >= 0.6 is 11.3 Å². The van der Waals surface area contributed by atoms with Crippen molar-refractivity contribution in [2.75, 3.05) is 20.2 Å². The smallest absolute Gasteiger partial charge is 0.191 e. The van der Waals surface area contributed by atoms with Crippen LogP contribution in [0.25, 0.3) is 0 Å². The quantitative estimate of drug-likeness (QED) is 0.538. The molecule has 0 saturated carbocycles. The van der Waals surface area contributed by atoms with E-state index in [1.807, 2.05) is 19.1 Å². The van der Waals surface area contributed by atoms with Gasteiger partial charge in [0.1, 0.15) is 0 Å². The van der Waals surface area contributed by atoms with Crippen molar-refractivity contribution in [3.63, 3.8) is 0 Å². The van der Waals surface area contributed by atoms with E-state index in [-0.39, 0.29) is 5.75 Å². The summed E-state index contributed by atoms with van der Waals surface area (Å²) in [6, 6.07) is 7.60. The molecule has 124 valence electrons. The normalized spacial score (nSPS) is 11.3. The lowest BCUT2D eigenvalue weighted by Crippen LogP contribution is -2.38. The maximum absolute atomic E-state index is 10.1. The van der Waals surface area contributed by atoms with Crippen LogP contribution < -0.4 is 15.4 Å². The van der Waals surface area contributed by atoms with E-state index >= 15 is 0 Å². The van der Waals surface area contributed by atoms with Crippen LogP contribution in [0.2, 0.25) is 0 Å². The van der Waals surface area contributed by atoms with Gasteiger partial charge in [-0.1, -0.05) is 12.1 Å². The summed E-state index contributed by atoms with van der Waals surface area (Å²) in [7, 11) is 1.55. The molecular formula is C17H23N3O2S. The number of phenolic OH excluding ortho intramolecular Hbond substituents is 1. The van der Waals surface area contributed by atoms with Crippen LogP contribution in [-0.2, 0) is 13.0 Å². The number of rotatable bonds is 7. The van der Waals surface area contributed by atoms with Gasteiger partial charge in [0.2, 0.25) is 0 Å². The number of aromatic hydroxyl groups is 1. The summed E-state index contributed by atoms with van der Waals surface area (Å²) in [5.41, 5.74) is 2.06. The van der Waals surface area contributed by atoms with E-state index in [1.54, 1.807) is 24.5 Å². The Balaban J connectivity index is 1.90. The third-order valence-electron chi connectivity index (χ3n) is 3.33. The molecule has 0 unspecified atom stereocenters. The lowest BCUT2D eigenvalue weighted by Gasteiger charge is -2.12. The molecule has 2 rings (SSSR count). The van der Waals surface area contributed by atoms with Crippen LogP contribution in [0.15, 0.2) is 40.0 Å². The second-order valence-corrected chi connectivity index (χ2v) is 5.75. The molecule has 0 bridgehead atoms. The first-order chi connectivity index (χ1) is 11.2. The van der Waals surface area contributed by atoms with Crippen molar-refractivity contribution < 1.29 is 9.84 Å². The maximum Gasteiger partial charge on any atom is 0.191 e. The zero-order valence-electron chi connectivity index (χ0n) is 13.5. The second-order valence-electron chi connectivity index (χ2n) is 4.97. The first kappa shape index (κ1) is 17.1. The van der Waals surface area contributed by atoms with Gasteiger partial charge in [0, 0.05) is 13.1 Å². The molecule has 0 aliphatic carbocycles. The van der Waals surface area contributed by atoms with Crippen LogP contribution in [0.4, 0.5) is 0 Å². The Kier molecular flexibility index (Phi) is 6.75. The minimum atomic E-state index is 0.206. The summed E-state index contributed by atoms with van der Waals surface area (Å²) < 4.78 is 5.13.